The second-order valence-electron chi connectivity index (χ2n) is 6.18. The minimum absolute atomic E-state index is 0.101. The van der Waals surface area contributed by atoms with Gasteiger partial charge < -0.3 is 4.74 Å². The van der Waals surface area contributed by atoms with Gasteiger partial charge in [0, 0.05) is 6.04 Å². The Kier molecular flexibility index (Phi) is 5.20. The van der Waals surface area contributed by atoms with Gasteiger partial charge in [-0.2, -0.15) is 13.1 Å². The molecule has 2 N–H and O–H groups in total. The third kappa shape index (κ3) is 6.77. The second-order valence-corrected chi connectivity index (χ2v) is 7.63. The molecule has 0 unspecified atom stereocenters. The van der Waals surface area contributed by atoms with Crippen LogP contribution >= 0.6 is 0 Å². The summed E-state index contributed by atoms with van der Waals surface area (Å²) in [5, 5.41) is 0. The number of carbonyl (C=O) groups excluding carboxylic acids is 1. The highest BCUT2D eigenvalue weighted by Crippen LogP contribution is 2.23. The van der Waals surface area contributed by atoms with Gasteiger partial charge in [0.05, 0.1) is 0 Å². The van der Waals surface area contributed by atoms with Crippen molar-refractivity contribution in [1.29, 1.82) is 0 Å². The number of carbonyl (C=O) groups is 1. The molecule has 0 aromatic rings. The first-order valence-electron chi connectivity index (χ1n) is 6.60. The smallest absolute Gasteiger partial charge is 0.422 e. The standard InChI is InChI=1S/C12H24N2O4S/c1-9-5-7-10(8-6-9)13-19(16,17)14-11(15)18-12(2,3)4/h9-10,13H,5-8H2,1-4H3,(H,14,15). The zero-order chi connectivity index (χ0) is 14.7. The Bertz CT molecular complexity index is 406. The molecule has 0 aromatic heterocycles. The van der Waals surface area contributed by atoms with Gasteiger partial charge in [-0.1, -0.05) is 6.92 Å². The van der Waals surface area contributed by atoms with E-state index < -0.39 is 21.9 Å². The maximum absolute atomic E-state index is 11.8. The minimum atomic E-state index is -3.84. The molecule has 1 rings (SSSR count). The molecular formula is C12H24N2O4S. The van der Waals surface area contributed by atoms with Crippen LogP contribution in [0.5, 0.6) is 0 Å². The Hall–Kier alpha value is -0.820. The highest BCUT2D eigenvalue weighted by Gasteiger charge is 2.26. The Balaban J connectivity index is 2.46. The van der Waals surface area contributed by atoms with Gasteiger partial charge in [0.2, 0.25) is 0 Å². The molecule has 7 heteroatoms. The van der Waals surface area contributed by atoms with Gasteiger partial charge in [0.15, 0.2) is 0 Å². The van der Waals surface area contributed by atoms with Crippen LogP contribution < -0.4 is 9.44 Å². The number of rotatable bonds is 3. The SMILES string of the molecule is CC1CCC(NS(=O)(=O)NC(=O)OC(C)(C)C)CC1. The van der Waals surface area contributed by atoms with Crippen LogP contribution in [0.25, 0.3) is 0 Å². The van der Waals surface area contributed by atoms with Crippen LogP contribution in [0.2, 0.25) is 0 Å². The van der Waals surface area contributed by atoms with E-state index in [-0.39, 0.29) is 6.04 Å². The summed E-state index contributed by atoms with van der Waals surface area (Å²) in [5.41, 5.74) is -0.722. The molecule has 1 saturated carbocycles. The van der Waals surface area contributed by atoms with Gasteiger partial charge in [0.1, 0.15) is 5.60 Å². The molecule has 1 amide bonds. The van der Waals surface area contributed by atoms with E-state index in [2.05, 4.69) is 11.6 Å². The third-order valence-corrected chi connectivity index (χ3v) is 4.03. The van der Waals surface area contributed by atoms with Crippen molar-refractivity contribution in [1.82, 2.24) is 9.44 Å². The molecule has 0 bridgehead atoms. The van der Waals surface area contributed by atoms with E-state index in [1.54, 1.807) is 20.8 Å². The van der Waals surface area contributed by atoms with E-state index in [4.69, 9.17) is 4.74 Å². The first-order chi connectivity index (χ1) is 8.57. The van der Waals surface area contributed by atoms with E-state index in [0.717, 1.165) is 25.7 Å². The molecule has 1 aliphatic carbocycles. The number of hydrogen-bond donors (Lipinski definition) is 2. The van der Waals surface area contributed by atoms with Gasteiger partial charge in [-0.3, -0.25) is 0 Å². The maximum Gasteiger partial charge on any atom is 0.422 e. The quantitative estimate of drug-likeness (QED) is 0.832. The fourth-order valence-electron chi connectivity index (χ4n) is 2.04. The first kappa shape index (κ1) is 16.2. The lowest BCUT2D eigenvalue weighted by Crippen LogP contribution is -2.47. The van der Waals surface area contributed by atoms with Gasteiger partial charge in [0.25, 0.3) is 0 Å². The zero-order valence-electron chi connectivity index (χ0n) is 12.0. The molecule has 0 atom stereocenters. The molecular weight excluding hydrogens is 268 g/mol. The molecule has 6 nitrogen and oxygen atoms in total. The molecule has 0 radical (unpaired) electrons. The summed E-state index contributed by atoms with van der Waals surface area (Å²) in [4.78, 5) is 11.4. The molecule has 0 aromatic carbocycles. The molecule has 0 spiro atoms. The number of amides is 1. The van der Waals surface area contributed by atoms with Crippen molar-refractivity contribution in [3.8, 4) is 0 Å². The first-order valence-corrected chi connectivity index (χ1v) is 8.09. The summed E-state index contributed by atoms with van der Waals surface area (Å²) in [6.45, 7) is 7.18. The van der Waals surface area contributed by atoms with Crippen LogP contribution in [0, 0.1) is 5.92 Å². The minimum Gasteiger partial charge on any atom is -0.443 e. The Labute approximate surface area is 115 Å². The number of nitrogens with one attached hydrogen (secondary N) is 2. The predicted molar refractivity (Wildman–Crippen MR) is 72.8 cm³/mol. The summed E-state index contributed by atoms with van der Waals surface area (Å²) in [6, 6.07) is -0.101. The van der Waals surface area contributed by atoms with Gasteiger partial charge in [-0.15, -0.1) is 0 Å². The summed E-state index contributed by atoms with van der Waals surface area (Å²) >= 11 is 0. The third-order valence-electron chi connectivity index (χ3n) is 2.95. The van der Waals surface area contributed by atoms with Crippen LogP contribution in [-0.4, -0.2) is 26.2 Å². The van der Waals surface area contributed by atoms with Crippen LogP contribution in [0.15, 0.2) is 0 Å². The van der Waals surface area contributed by atoms with Crippen LogP contribution in [0.1, 0.15) is 53.4 Å². The fraction of sp³-hybridized carbons (Fsp3) is 0.917. The Morgan fingerprint density at radius 1 is 1.16 bits per heavy atom. The van der Waals surface area contributed by atoms with Crippen molar-refractivity contribution in [2.75, 3.05) is 0 Å². The second kappa shape index (κ2) is 6.09. The van der Waals surface area contributed by atoms with Crippen molar-refractivity contribution < 1.29 is 17.9 Å². The number of hydrogen-bond acceptors (Lipinski definition) is 4. The van der Waals surface area contributed by atoms with Gasteiger partial charge in [-0.05, 0) is 52.4 Å². The predicted octanol–water partition coefficient (Wildman–Crippen LogP) is 1.92. The lowest BCUT2D eigenvalue weighted by molar-refractivity contribution is 0.0569. The average Bonchev–Trinajstić information content (AvgIpc) is 2.17. The van der Waals surface area contributed by atoms with Gasteiger partial charge in [-0.25, -0.2) is 9.52 Å². The summed E-state index contributed by atoms with van der Waals surface area (Å²) in [6.07, 6.45) is 2.65. The van der Waals surface area contributed by atoms with Crippen LogP contribution in [0.4, 0.5) is 4.79 Å². The van der Waals surface area contributed by atoms with E-state index in [1.165, 1.54) is 0 Å². The lowest BCUT2D eigenvalue weighted by atomic mass is 9.88. The van der Waals surface area contributed by atoms with Crippen molar-refractivity contribution in [2.45, 2.75) is 65.0 Å². The highest BCUT2D eigenvalue weighted by atomic mass is 32.2. The Morgan fingerprint density at radius 3 is 2.16 bits per heavy atom. The monoisotopic (exact) mass is 292 g/mol. The Morgan fingerprint density at radius 2 is 1.68 bits per heavy atom. The largest absolute Gasteiger partial charge is 0.443 e. The summed E-state index contributed by atoms with van der Waals surface area (Å²) < 4.78 is 32.8. The molecule has 1 fully saturated rings. The average molecular weight is 292 g/mol. The fourth-order valence-corrected chi connectivity index (χ4v) is 3.03. The van der Waals surface area contributed by atoms with Gasteiger partial charge >= 0.3 is 16.3 Å². The summed E-state index contributed by atoms with van der Waals surface area (Å²) in [7, 11) is -3.84. The van der Waals surface area contributed by atoms with Crippen LogP contribution in [-0.2, 0) is 14.9 Å². The van der Waals surface area contributed by atoms with Crippen molar-refractivity contribution in [2.24, 2.45) is 5.92 Å². The highest BCUT2D eigenvalue weighted by molar-refractivity contribution is 7.88. The molecule has 0 heterocycles. The maximum atomic E-state index is 11.8. The van der Waals surface area contributed by atoms with E-state index in [9.17, 15) is 13.2 Å². The van der Waals surface area contributed by atoms with Crippen LogP contribution in [0.3, 0.4) is 0 Å². The molecule has 19 heavy (non-hydrogen) atoms. The number of ether oxygens (including phenoxy) is 1. The van der Waals surface area contributed by atoms with Crippen molar-refractivity contribution in [3.63, 3.8) is 0 Å². The van der Waals surface area contributed by atoms with Crippen molar-refractivity contribution in [3.05, 3.63) is 0 Å². The van der Waals surface area contributed by atoms with E-state index in [0.29, 0.717) is 5.92 Å². The molecule has 1 aliphatic rings. The molecule has 0 saturated heterocycles. The normalized spacial score (nSPS) is 24.8. The van der Waals surface area contributed by atoms with Crippen molar-refractivity contribution >= 4 is 16.3 Å². The molecule has 0 aliphatic heterocycles. The molecule has 112 valence electrons. The van der Waals surface area contributed by atoms with E-state index >= 15 is 0 Å². The topological polar surface area (TPSA) is 84.5 Å². The van der Waals surface area contributed by atoms with E-state index in [1.807, 2.05) is 4.72 Å². The zero-order valence-corrected chi connectivity index (χ0v) is 12.8. The summed E-state index contributed by atoms with van der Waals surface area (Å²) in [5.74, 6) is 0.638. The lowest BCUT2D eigenvalue weighted by Gasteiger charge is -2.27.